The van der Waals surface area contributed by atoms with Crippen molar-refractivity contribution in [1.82, 2.24) is 4.98 Å². The van der Waals surface area contributed by atoms with Crippen LogP contribution >= 0.6 is 15.9 Å². The van der Waals surface area contributed by atoms with Gasteiger partial charge in [0.1, 0.15) is 0 Å². The van der Waals surface area contributed by atoms with Crippen LogP contribution in [0.2, 0.25) is 0 Å². The van der Waals surface area contributed by atoms with E-state index in [9.17, 15) is 0 Å². The van der Waals surface area contributed by atoms with Crippen molar-refractivity contribution in [2.75, 3.05) is 0 Å². The largest absolute Gasteiger partial charge is 0.264 e. The van der Waals surface area contributed by atoms with Crippen molar-refractivity contribution in [3.63, 3.8) is 0 Å². The first-order chi connectivity index (χ1) is 6.24. The fraction of sp³-hybridized carbons (Fsp3) is 0.200. The molecule has 66 valence electrons. The Balaban J connectivity index is 2.80. The molecule has 0 saturated carbocycles. The number of nitriles is 1. The van der Waals surface area contributed by atoms with Gasteiger partial charge in [-0.15, -0.1) is 0 Å². The van der Waals surface area contributed by atoms with Crippen molar-refractivity contribution >= 4 is 15.9 Å². The highest BCUT2D eigenvalue weighted by molar-refractivity contribution is 9.11. The molecule has 3 heteroatoms. The summed E-state index contributed by atoms with van der Waals surface area (Å²) in [5, 5.41) is 8.89. The van der Waals surface area contributed by atoms with Gasteiger partial charge in [0, 0.05) is 12.4 Å². The number of aromatic nitrogens is 1. The van der Waals surface area contributed by atoms with Crippen LogP contribution in [0.4, 0.5) is 0 Å². The minimum absolute atomic E-state index is 0.152. The smallest absolute Gasteiger partial charge is 0.0772 e. The molecule has 0 aromatic carbocycles. The Kier molecular flexibility index (Phi) is 3.66. The molecule has 0 fully saturated rings. The maximum absolute atomic E-state index is 8.89. The standard InChI is InChI=1S/C10H9BrN2/c1-8(11)5-10(6-12)9-3-2-4-13-7-9/h2-4,7,10H,1,5H2/t10-/m1/s1. The molecule has 2 nitrogen and oxygen atoms in total. The Morgan fingerprint density at radius 2 is 2.54 bits per heavy atom. The number of rotatable bonds is 3. The van der Waals surface area contributed by atoms with Gasteiger partial charge in [-0.25, -0.2) is 0 Å². The van der Waals surface area contributed by atoms with Gasteiger partial charge in [-0.05, 0) is 22.5 Å². The lowest BCUT2D eigenvalue weighted by Gasteiger charge is -2.06. The first-order valence-electron chi connectivity index (χ1n) is 3.87. The molecule has 0 saturated heterocycles. The molecule has 0 unspecified atom stereocenters. The van der Waals surface area contributed by atoms with Crippen molar-refractivity contribution < 1.29 is 0 Å². The van der Waals surface area contributed by atoms with E-state index >= 15 is 0 Å². The van der Waals surface area contributed by atoms with Gasteiger partial charge in [0.2, 0.25) is 0 Å². The van der Waals surface area contributed by atoms with Crippen LogP contribution in [0.1, 0.15) is 17.9 Å². The van der Waals surface area contributed by atoms with Gasteiger partial charge in [0.15, 0.2) is 0 Å². The van der Waals surface area contributed by atoms with Crippen molar-refractivity contribution in [2.24, 2.45) is 0 Å². The van der Waals surface area contributed by atoms with E-state index in [0.717, 1.165) is 10.0 Å². The van der Waals surface area contributed by atoms with Crippen molar-refractivity contribution in [3.05, 3.63) is 41.2 Å². The topological polar surface area (TPSA) is 36.7 Å². The van der Waals surface area contributed by atoms with Crippen LogP contribution in [0.25, 0.3) is 0 Å². The van der Waals surface area contributed by atoms with Crippen LogP contribution in [0.3, 0.4) is 0 Å². The van der Waals surface area contributed by atoms with E-state index < -0.39 is 0 Å². The third-order valence-corrected chi connectivity index (χ3v) is 1.99. The van der Waals surface area contributed by atoms with Crippen LogP contribution in [0, 0.1) is 11.3 Å². The lowest BCUT2D eigenvalue weighted by molar-refractivity contribution is 0.865. The van der Waals surface area contributed by atoms with E-state index in [0.29, 0.717) is 6.42 Å². The van der Waals surface area contributed by atoms with Crippen LogP contribution in [-0.2, 0) is 0 Å². The number of pyridine rings is 1. The zero-order valence-corrected chi connectivity index (χ0v) is 8.66. The molecule has 0 radical (unpaired) electrons. The number of hydrogen-bond donors (Lipinski definition) is 0. The van der Waals surface area contributed by atoms with Crippen molar-refractivity contribution in [2.45, 2.75) is 12.3 Å². The van der Waals surface area contributed by atoms with Crippen LogP contribution < -0.4 is 0 Å². The average Bonchev–Trinajstić information content (AvgIpc) is 2.15. The second-order valence-electron chi connectivity index (χ2n) is 2.69. The van der Waals surface area contributed by atoms with Gasteiger partial charge in [-0.3, -0.25) is 4.98 Å². The first-order valence-corrected chi connectivity index (χ1v) is 4.66. The summed E-state index contributed by atoms with van der Waals surface area (Å²) in [5.41, 5.74) is 0.936. The van der Waals surface area contributed by atoms with Crippen LogP contribution in [0.5, 0.6) is 0 Å². The molecular weight excluding hydrogens is 228 g/mol. The summed E-state index contributed by atoms with van der Waals surface area (Å²) in [6.07, 6.45) is 4.03. The number of nitrogens with zero attached hydrogens (tertiary/aromatic N) is 2. The van der Waals surface area contributed by atoms with E-state index in [4.69, 9.17) is 5.26 Å². The predicted molar refractivity (Wildman–Crippen MR) is 55.3 cm³/mol. The first kappa shape index (κ1) is 9.94. The molecule has 1 atom stereocenters. The SMILES string of the molecule is C=C(Br)C[C@H](C#N)c1cccnc1. The summed E-state index contributed by atoms with van der Waals surface area (Å²) in [7, 11) is 0. The Morgan fingerprint density at radius 1 is 1.77 bits per heavy atom. The Labute approximate surface area is 86.0 Å². The lowest BCUT2D eigenvalue weighted by atomic mass is 9.99. The van der Waals surface area contributed by atoms with Crippen LogP contribution in [0.15, 0.2) is 35.6 Å². The predicted octanol–water partition coefficient (Wildman–Crippen LogP) is 2.99. The quantitative estimate of drug-likeness (QED) is 0.810. The van der Waals surface area contributed by atoms with E-state index in [1.54, 1.807) is 12.4 Å². The van der Waals surface area contributed by atoms with E-state index in [2.05, 4.69) is 33.6 Å². The fourth-order valence-electron chi connectivity index (χ4n) is 1.04. The van der Waals surface area contributed by atoms with Gasteiger partial charge in [0.25, 0.3) is 0 Å². The molecule has 1 aromatic rings. The van der Waals surface area contributed by atoms with Crippen LogP contribution in [-0.4, -0.2) is 4.98 Å². The highest BCUT2D eigenvalue weighted by Gasteiger charge is 2.10. The molecule has 13 heavy (non-hydrogen) atoms. The molecule has 1 heterocycles. The summed E-state index contributed by atoms with van der Waals surface area (Å²) in [4.78, 5) is 3.96. The molecule has 0 spiro atoms. The second kappa shape index (κ2) is 4.78. The Morgan fingerprint density at radius 3 is 3.00 bits per heavy atom. The molecule has 1 rings (SSSR count). The maximum Gasteiger partial charge on any atom is 0.0772 e. The molecule has 0 aliphatic rings. The third-order valence-electron chi connectivity index (χ3n) is 1.67. The zero-order chi connectivity index (χ0) is 9.68. The van der Waals surface area contributed by atoms with E-state index in [1.165, 1.54) is 0 Å². The Hall–Kier alpha value is -1.14. The Bertz CT molecular complexity index is 327. The van der Waals surface area contributed by atoms with E-state index in [-0.39, 0.29) is 5.92 Å². The minimum Gasteiger partial charge on any atom is -0.264 e. The molecule has 0 aliphatic heterocycles. The van der Waals surface area contributed by atoms with Crippen molar-refractivity contribution in [1.29, 1.82) is 5.26 Å². The number of allylic oxidation sites excluding steroid dienone is 1. The van der Waals surface area contributed by atoms with Gasteiger partial charge in [0.05, 0.1) is 12.0 Å². The molecule has 0 bridgehead atoms. The van der Waals surface area contributed by atoms with Gasteiger partial charge in [-0.1, -0.05) is 28.6 Å². The number of hydrogen-bond acceptors (Lipinski definition) is 2. The average molecular weight is 237 g/mol. The fourth-order valence-corrected chi connectivity index (χ4v) is 1.37. The van der Waals surface area contributed by atoms with E-state index in [1.807, 2.05) is 12.1 Å². The third kappa shape index (κ3) is 3.00. The maximum atomic E-state index is 8.89. The minimum atomic E-state index is -0.152. The molecular formula is C10H9BrN2. The normalized spacial score (nSPS) is 11.7. The summed E-state index contributed by atoms with van der Waals surface area (Å²) in [5.74, 6) is -0.152. The van der Waals surface area contributed by atoms with Gasteiger partial charge >= 0.3 is 0 Å². The van der Waals surface area contributed by atoms with Gasteiger partial charge in [-0.2, -0.15) is 5.26 Å². The molecule has 0 amide bonds. The lowest BCUT2D eigenvalue weighted by Crippen LogP contribution is -1.95. The molecule has 0 N–H and O–H groups in total. The zero-order valence-electron chi connectivity index (χ0n) is 7.07. The highest BCUT2D eigenvalue weighted by Crippen LogP contribution is 2.23. The second-order valence-corrected chi connectivity index (χ2v) is 3.81. The summed E-state index contributed by atoms with van der Waals surface area (Å²) < 4.78 is 0.836. The molecule has 0 aliphatic carbocycles. The monoisotopic (exact) mass is 236 g/mol. The summed E-state index contributed by atoms with van der Waals surface area (Å²) in [6, 6.07) is 5.95. The van der Waals surface area contributed by atoms with Gasteiger partial charge < -0.3 is 0 Å². The van der Waals surface area contributed by atoms with Crippen molar-refractivity contribution in [3.8, 4) is 6.07 Å². The summed E-state index contributed by atoms with van der Waals surface area (Å²) in [6.45, 7) is 3.71. The summed E-state index contributed by atoms with van der Waals surface area (Å²) >= 11 is 3.25. The number of halogens is 1. The molecule has 1 aromatic heterocycles. The highest BCUT2D eigenvalue weighted by atomic mass is 79.9.